The molecule has 2 N–H and O–H groups in total. The zero-order chi connectivity index (χ0) is 25.2. The van der Waals surface area contributed by atoms with Crippen molar-refractivity contribution in [2.45, 2.75) is 57.3 Å². The maximum absolute atomic E-state index is 14.6. The highest BCUT2D eigenvalue weighted by molar-refractivity contribution is 5.95. The van der Waals surface area contributed by atoms with E-state index >= 15 is 0 Å². The number of piperidine rings is 2. The average Bonchev–Trinajstić information content (AvgIpc) is 2.89. The maximum Gasteiger partial charge on any atom is 0.257 e. The standard InChI is InChI=1S/C27H34FN5O3/c1-18(34)31-11-7-21(8-12-31)30-26-14-22(23(28)15-29-26)27(36)33-13-9-24(25(35)17-33)32-10-6-19-4-2-3-5-20(19)16-32/h2-5,14-15,21,24-25,35H,6-13,16-17H2,1H3,(H,29,30). The molecule has 5 rings (SSSR count). The van der Waals surface area contributed by atoms with Crippen LogP contribution in [0.3, 0.4) is 0 Å². The first-order chi connectivity index (χ1) is 17.4. The van der Waals surface area contributed by atoms with E-state index in [1.165, 1.54) is 17.2 Å². The van der Waals surface area contributed by atoms with Gasteiger partial charge in [0.2, 0.25) is 5.91 Å². The number of amides is 2. The minimum atomic E-state index is -0.693. The molecule has 2 atom stereocenters. The van der Waals surface area contributed by atoms with Crippen molar-refractivity contribution in [1.29, 1.82) is 0 Å². The molecule has 4 heterocycles. The Labute approximate surface area is 211 Å². The highest BCUT2D eigenvalue weighted by atomic mass is 19.1. The van der Waals surface area contributed by atoms with Crippen LogP contribution in [0, 0.1) is 5.82 Å². The highest BCUT2D eigenvalue weighted by Crippen LogP contribution is 2.26. The second-order valence-corrected chi connectivity index (χ2v) is 10.1. The number of benzene rings is 1. The van der Waals surface area contributed by atoms with Gasteiger partial charge in [-0.25, -0.2) is 9.37 Å². The van der Waals surface area contributed by atoms with Gasteiger partial charge in [0.15, 0.2) is 5.82 Å². The Kier molecular flexibility index (Phi) is 7.20. The van der Waals surface area contributed by atoms with Crippen molar-refractivity contribution in [3.05, 3.63) is 59.0 Å². The van der Waals surface area contributed by atoms with Gasteiger partial charge in [0.05, 0.1) is 17.9 Å². The predicted molar refractivity (Wildman–Crippen MR) is 134 cm³/mol. The highest BCUT2D eigenvalue weighted by Gasteiger charge is 2.36. The Morgan fingerprint density at radius 2 is 1.78 bits per heavy atom. The fourth-order valence-electron chi connectivity index (χ4n) is 5.73. The summed E-state index contributed by atoms with van der Waals surface area (Å²) in [4.78, 5) is 34.6. The lowest BCUT2D eigenvalue weighted by Gasteiger charge is -2.43. The quantitative estimate of drug-likeness (QED) is 0.677. The van der Waals surface area contributed by atoms with Crippen LogP contribution >= 0.6 is 0 Å². The molecule has 2 unspecified atom stereocenters. The van der Waals surface area contributed by atoms with Crippen molar-refractivity contribution in [2.24, 2.45) is 0 Å². The Morgan fingerprint density at radius 3 is 2.50 bits per heavy atom. The van der Waals surface area contributed by atoms with Crippen molar-refractivity contribution >= 4 is 17.6 Å². The molecule has 0 aliphatic carbocycles. The van der Waals surface area contributed by atoms with E-state index < -0.39 is 17.8 Å². The van der Waals surface area contributed by atoms with Crippen molar-refractivity contribution in [3.8, 4) is 0 Å². The lowest BCUT2D eigenvalue weighted by atomic mass is 9.94. The number of nitrogens with zero attached hydrogens (tertiary/aromatic N) is 4. The maximum atomic E-state index is 14.6. The summed E-state index contributed by atoms with van der Waals surface area (Å²) in [6.07, 6.45) is 3.51. The summed E-state index contributed by atoms with van der Waals surface area (Å²) in [5.74, 6) is -0.576. The monoisotopic (exact) mass is 495 g/mol. The van der Waals surface area contributed by atoms with E-state index in [2.05, 4.69) is 33.4 Å². The second kappa shape index (κ2) is 10.5. The largest absolute Gasteiger partial charge is 0.390 e. The summed E-state index contributed by atoms with van der Waals surface area (Å²) >= 11 is 0. The number of β-amino-alcohol motifs (C(OH)–C–C–N with tert-alkyl or cyclic N) is 1. The van der Waals surface area contributed by atoms with Gasteiger partial charge in [-0.15, -0.1) is 0 Å². The van der Waals surface area contributed by atoms with E-state index in [9.17, 15) is 19.1 Å². The lowest BCUT2D eigenvalue weighted by molar-refractivity contribution is -0.129. The summed E-state index contributed by atoms with van der Waals surface area (Å²) in [7, 11) is 0. The van der Waals surface area contributed by atoms with E-state index in [4.69, 9.17) is 0 Å². The SMILES string of the molecule is CC(=O)N1CCC(Nc2cc(C(=O)N3CCC(N4CCc5ccccc5C4)C(O)C3)c(F)cn2)CC1. The van der Waals surface area contributed by atoms with Gasteiger partial charge in [-0.05, 0) is 42.9 Å². The zero-order valence-corrected chi connectivity index (χ0v) is 20.7. The molecule has 3 aliphatic heterocycles. The molecule has 1 aromatic heterocycles. The molecular formula is C27H34FN5O3. The van der Waals surface area contributed by atoms with Gasteiger partial charge in [-0.2, -0.15) is 0 Å². The Bertz CT molecular complexity index is 1120. The van der Waals surface area contributed by atoms with E-state index in [1.54, 1.807) is 11.8 Å². The Morgan fingerprint density at radius 1 is 1.06 bits per heavy atom. The summed E-state index contributed by atoms with van der Waals surface area (Å²) < 4.78 is 14.6. The Balaban J connectivity index is 1.20. The van der Waals surface area contributed by atoms with Gasteiger partial charge in [0.1, 0.15) is 5.82 Å². The average molecular weight is 496 g/mol. The first kappa shape index (κ1) is 24.6. The van der Waals surface area contributed by atoms with E-state index in [0.717, 1.165) is 38.5 Å². The molecule has 2 saturated heterocycles. The van der Waals surface area contributed by atoms with Crippen LogP contribution in [-0.2, 0) is 17.8 Å². The minimum Gasteiger partial charge on any atom is -0.390 e. The van der Waals surface area contributed by atoms with Gasteiger partial charge >= 0.3 is 0 Å². The van der Waals surface area contributed by atoms with Crippen LogP contribution in [0.2, 0.25) is 0 Å². The molecule has 0 spiro atoms. The van der Waals surface area contributed by atoms with E-state index in [-0.39, 0.29) is 30.1 Å². The number of anilines is 1. The molecule has 0 radical (unpaired) electrons. The molecule has 3 aliphatic rings. The van der Waals surface area contributed by atoms with Crippen molar-refractivity contribution in [1.82, 2.24) is 19.7 Å². The van der Waals surface area contributed by atoms with Gasteiger partial charge in [0, 0.05) is 58.3 Å². The van der Waals surface area contributed by atoms with Gasteiger partial charge < -0.3 is 20.2 Å². The number of likely N-dealkylation sites (tertiary alicyclic amines) is 2. The van der Waals surface area contributed by atoms with Crippen LogP contribution in [0.25, 0.3) is 0 Å². The van der Waals surface area contributed by atoms with Gasteiger partial charge in [-0.3, -0.25) is 14.5 Å². The molecule has 9 heteroatoms. The smallest absolute Gasteiger partial charge is 0.257 e. The first-order valence-electron chi connectivity index (χ1n) is 12.8. The number of fused-ring (bicyclic) bond motifs is 1. The number of halogens is 1. The summed E-state index contributed by atoms with van der Waals surface area (Å²) in [6, 6.07) is 9.94. The number of nitrogens with one attached hydrogen (secondary N) is 1. The second-order valence-electron chi connectivity index (χ2n) is 10.1. The molecule has 2 aromatic rings. The van der Waals surface area contributed by atoms with Crippen molar-refractivity contribution in [2.75, 3.05) is 38.0 Å². The lowest BCUT2D eigenvalue weighted by Crippen LogP contribution is -2.56. The number of carbonyl (C=O) groups excluding carboxylic acids is 2. The number of aromatic nitrogens is 1. The van der Waals surface area contributed by atoms with Crippen LogP contribution in [0.4, 0.5) is 10.2 Å². The number of aliphatic hydroxyl groups is 1. The van der Waals surface area contributed by atoms with Crippen LogP contribution in [0.5, 0.6) is 0 Å². The predicted octanol–water partition coefficient (Wildman–Crippen LogP) is 2.28. The van der Waals surface area contributed by atoms with Crippen LogP contribution in [-0.4, -0.2) is 87.5 Å². The zero-order valence-electron chi connectivity index (χ0n) is 20.7. The number of carbonyl (C=O) groups is 2. The van der Waals surface area contributed by atoms with E-state index in [0.29, 0.717) is 31.9 Å². The normalized spacial score (nSPS) is 23.3. The van der Waals surface area contributed by atoms with Crippen LogP contribution < -0.4 is 5.32 Å². The van der Waals surface area contributed by atoms with Gasteiger partial charge in [-0.1, -0.05) is 24.3 Å². The van der Waals surface area contributed by atoms with Crippen molar-refractivity contribution in [3.63, 3.8) is 0 Å². The molecular weight excluding hydrogens is 461 g/mol. The fraction of sp³-hybridized carbons (Fsp3) is 0.519. The third kappa shape index (κ3) is 5.22. The number of aliphatic hydroxyl groups excluding tert-OH is 1. The van der Waals surface area contributed by atoms with Crippen LogP contribution in [0.15, 0.2) is 36.5 Å². The summed E-state index contributed by atoms with van der Waals surface area (Å²) in [6.45, 7) is 5.21. The minimum absolute atomic E-state index is 0.0252. The number of hydrogen-bond donors (Lipinski definition) is 2. The molecule has 192 valence electrons. The molecule has 2 fully saturated rings. The number of pyridine rings is 1. The fourth-order valence-corrected chi connectivity index (χ4v) is 5.73. The Hall–Kier alpha value is -3.04. The number of hydrogen-bond acceptors (Lipinski definition) is 6. The molecule has 0 bridgehead atoms. The molecule has 8 nitrogen and oxygen atoms in total. The van der Waals surface area contributed by atoms with Crippen molar-refractivity contribution < 1.29 is 19.1 Å². The molecule has 1 aromatic carbocycles. The molecule has 0 saturated carbocycles. The van der Waals surface area contributed by atoms with Gasteiger partial charge in [0.25, 0.3) is 5.91 Å². The topological polar surface area (TPSA) is 89.0 Å². The third-order valence-electron chi connectivity index (χ3n) is 7.84. The molecule has 2 amide bonds. The third-order valence-corrected chi connectivity index (χ3v) is 7.84. The number of rotatable bonds is 4. The summed E-state index contributed by atoms with van der Waals surface area (Å²) in [5.41, 5.74) is 2.62. The molecule has 36 heavy (non-hydrogen) atoms. The van der Waals surface area contributed by atoms with Crippen LogP contribution in [0.1, 0.15) is 47.7 Å². The van der Waals surface area contributed by atoms with E-state index in [1.807, 2.05) is 11.0 Å². The summed E-state index contributed by atoms with van der Waals surface area (Å²) in [5, 5.41) is 14.2. The first-order valence-corrected chi connectivity index (χ1v) is 12.8.